The molecule has 0 saturated carbocycles. The fourth-order valence-electron chi connectivity index (χ4n) is 2.55. The van der Waals surface area contributed by atoms with Crippen molar-refractivity contribution in [1.29, 1.82) is 0 Å². The Hall–Kier alpha value is -2.80. The van der Waals surface area contributed by atoms with Crippen LogP contribution < -0.4 is 5.32 Å². The number of aromatic nitrogens is 2. The first kappa shape index (κ1) is 18.0. The standard InChI is InChI=1S/C19H19N3O3S/c1-25-18(24)16(11-13-7-3-2-4-8-13)20-17(23)12-26-19-21-14-9-5-6-10-15(14)22-19/h2-10,16H,11-12H2,1H3,(H,20,23)(H,21,22)/t16-/m0/s1. The number of hydrogen-bond donors (Lipinski definition) is 2. The summed E-state index contributed by atoms with van der Waals surface area (Å²) in [5.74, 6) is -0.556. The molecule has 1 aromatic heterocycles. The molecule has 3 rings (SSSR count). The van der Waals surface area contributed by atoms with Gasteiger partial charge in [-0.1, -0.05) is 54.2 Å². The van der Waals surface area contributed by atoms with Gasteiger partial charge in [0.25, 0.3) is 0 Å². The minimum Gasteiger partial charge on any atom is -0.467 e. The molecule has 0 bridgehead atoms. The summed E-state index contributed by atoms with van der Waals surface area (Å²) in [5.41, 5.74) is 2.73. The van der Waals surface area contributed by atoms with E-state index in [9.17, 15) is 9.59 Å². The monoisotopic (exact) mass is 369 g/mol. The van der Waals surface area contributed by atoms with E-state index in [0.29, 0.717) is 11.6 Å². The maximum atomic E-state index is 12.3. The lowest BCUT2D eigenvalue weighted by atomic mass is 10.1. The normalized spacial score (nSPS) is 11.9. The molecule has 2 N–H and O–H groups in total. The van der Waals surface area contributed by atoms with E-state index in [1.807, 2.05) is 54.6 Å². The van der Waals surface area contributed by atoms with E-state index in [1.165, 1.54) is 18.9 Å². The molecule has 26 heavy (non-hydrogen) atoms. The number of H-pyrrole nitrogens is 1. The molecule has 0 aliphatic rings. The molecule has 0 aliphatic heterocycles. The number of para-hydroxylation sites is 2. The number of hydrogen-bond acceptors (Lipinski definition) is 5. The molecule has 0 radical (unpaired) electrons. The van der Waals surface area contributed by atoms with Gasteiger partial charge in [0.2, 0.25) is 5.91 Å². The Balaban J connectivity index is 1.59. The number of thioether (sulfide) groups is 1. The predicted molar refractivity (Wildman–Crippen MR) is 101 cm³/mol. The molecular weight excluding hydrogens is 350 g/mol. The second-order valence-corrected chi connectivity index (χ2v) is 6.64. The first-order chi connectivity index (χ1) is 12.7. The van der Waals surface area contributed by atoms with E-state index in [4.69, 9.17) is 4.74 Å². The Morgan fingerprint density at radius 2 is 1.88 bits per heavy atom. The highest BCUT2D eigenvalue weighted by molar-refractivity contribution is 7.99. The van der Waals surface area contributed by atoms with Crippen LogP contribution in [-0.4, -0.2) is 40.7 Å². The van der Waals surface area contributed by atoms with Crippen LogP contribution in [0.1, 0.15) is 5.56 Å². The second kappa shape index (κ2) is 8.53. The number of imidazole rings is 1. The Kier molecular flexibility index (Phi) is 5.91. The minimum atomic E-state index is -0.717. The van der Waals surface area contributed by atoms with Crippen LogP contribution in [0, 0.1) is 0 Å². The van der Waals surface area contributed by atoms with Gasteiger partial charge in [0.05, 0.1) is 23.9 Å². The Bertz CT molecular complexity index is 862. The molecule has 0 saturated heterocycles. The number of nitrogens with zero attached hydrogens (tertiary/aromatic N) is 1. The van der Waals surface area contributed by atoms with E-state index in [0.717, 1.165) is 16.6 Å². The Labute approximate surface area is 155 Å². The van der Waals surface area contributed by atoms with Gasteiger partial charge in [-0.25, -0.2) is 9.78 Å². The van der Waals surface area contributed by atoms with Crippen molar-refractivity contribution in [3.8, 4) is 0 Å². The molecule has 7 heteroatoms. The van der Waals surface area contributed by atoms with E-state index in [-0.39, 0.29) is 11.7 Å². The van der Waals surface area contributed by atoms with Gasteiger partial charge in [0.15, 0.2) is 5.16 Å². The van der Waals surface area contributed by atoms with Gasteiger partial charge < -0.3 is 15.0 Å². The summed E-state index contributed by atoms with van der Waals surface area (Å²) in [6.07, 6.45) is 0.383. The molecule has 6 nitrogen and oxygen atoms in total. The molecule has 1 heterocycles. The Morgan fingerprint density at radius 3 is 2.62 bits per heavy atom. The van der Waals surface area contributed by atoms with E-state index in [2.05, 4.69) is 15.3 Å². The number of methoxy groups -OCH3 is 1. The van der Waals surface area contributed by atoms with Crippen LogP contribution in [0.3, 0.4) is 0 Å². The molecule has 134 valence electrons. The van der Waals surface area contributed by atoms with Gasteiger partial charge in [-0.3, -0.25) is 4.79 Å². The average molecular weight is 369 g/mol. The van der Waals surface area contributed by atoms with Gasteiger partial charge >= 0.3 is 5.97 Å². The molecule has 3 aromatic rings. The zero-order chi connectivity index (χ0) is 18.4. The number of ether oxygens (including phenoxy) is 1. The lowest BCUT2D eigenvalue weighted by Crippen LogP contribution is -2.43. The highest BCUT2D eigenvalue weighted by Gasteiger charge is 2.22. The SMILES string of the molecule is COC(=O)[C@H](Cc1ccccc1)NC(=O)CSc1nc2ccccc2[nH]1. The largest absolute Gasteiger partial charge is 0.467 e. The van der Waals surface area contributed by atoms with Crippen LogP contribution in [-0.2, 0) is 20.7 Å². The van der Waals surface area contributed by atoms with Crippen molar-refractivity contribution in [1.82, 2.24) is 15.3 Å². The molecule has 1 amide bonds. The lowest BCUT2D eigenvalue weighted by Gasteiger charge is -2.16. The summed E-state index contributed by atoms with van der Waals surface area (Å²) in [6.45, 7) is 0. The fraction of sp³-hybridized carbons (Fsp3) is 0.211. The number of amides is 1. The number of carbonyl (C=O) groups excluding carboxylic acids is 2. The van der Waals surface area contributed by atoms with Crippen LogP contribution in [0.2, 0.25) is 0 Å². The van der Waals surface area contributed by atoms with E-state index >= 15 is 0 Å². The van der Waals surface area contributed by atoms with Gasteiger partial charge in [0.1, 0.15) is 6.04 Å². The van der Waals surface area contributed by atoms with Gasteiger partial charge in [-0.2, -0.15) is 0 Å². The minimum absolute atomic E-state index is 0.155. The average Bonchev–Trinajstić information content (AvgIpc) is 3.09. The van der Waals surface area contributed by atoms with Crippen molar-refractivity contribution >= 4 is 34.7 Å². The highest BCUT2D eigenvalue weighted by Crippen LogP contribution is 2.19. The summed E-state index contributed by atoms with van der Waals surface area (Å²) >= 11 is 1.29. The third-order valence-electron chi connectivity index (χ3n) is 3.81. The van der Waals surface area contributed by atoms with Crippen molar-refractivity contribution in [3.63, 3.8) is 0 Å². The van der Waals surface area contributed by atoms with Crippen molar-refractivity contribution in [2.24, 2.45) is 0 Å². The first-order valence-corrected chi connectivity index (χ1v) is 9.13. The highest BCUT2D eigenvalue weighted by atomic mass is 32.2. The number of fused-ring (bicyclic) bond motifs is 1. The number of nitrogens with one attached hydrogen (secondary N) is 2. The van der Waals surface area contributed by atoms with Crippen LogP contribution >= 0.6 is 11.8 Å². The Morgan fingerprint density at radius 1 is 1.15 bits per heavy atom. The van der Waals surface area contributed by atoms with Crippen LogP contribution in [0.5, 0.6) is 0 Å². The van der Waals surface area contributed by atoms with E-state index < -0.39 is 12.0 Å². The molecule has 0 fully saturated rings. The predicted octanol–water partition coefficient (Wildman–Crippen LogP) is 2.56. The van der Waals surface area contributed by atoms with Crippen LogP contribution in [0.4, 0.5) is 0 Å². The zero-order valence-electron chi connectivity index (χ0n) is 14.3. The lowest BCUT2D eigenvalue weighted by molar-refractivity contribution is -0.144. The van der Waals surface area contributed by atoms with Gasteiger partial charge in [-0.05, 0) is 17.7 Å². The molecule has 2 aromatic carbocycles. The van der Waals surface area contributed by atoms with E-state index in [1.54, 1.807) is 0 Å². The van der Waals surface area contributed by atoms with Crippen molar-refractivity contribution in [2.75, 3.05) is 12.9 Å². The first-order valence-electron chi connectivity index (χ1n) is 8.14. The topological polar surface area (TPSA) is 84.1 Å². The maximum absolute atomic E-state index is 12.3. The molecular formula is C19H19N3O3S. The number of carbonyl (C=O) groups is 2. The van der Waals surface area contributed by atoms with Gasteiger partial charge in [-0.15, -0.1) is 0 Å². The second-order valence-electron chi connectivity index (χ2n) is 5.68. The van der Waals surface area contributed by atoms with Crippen LogP contribution in [0.25, 0.3) is 11.0 Å². The number of aromatic amines is 1. The van der Waals surface area contributed by atoms with Crippen LogP contribution in [0.15, 0.2) is 59.8 Å². The smallest absolute Gasteiger partial charge is 0.328 e. The molecule has 0 spiro atoms. The maximum Gasteiger partial charge on any atom is 0.328 e. The molecule has 0 aliphatic carbocycles. The summed E-state index contributed by atoms with van der Waals surface area (Å²) < 4.78 is 4.81. The number of benzene rings is 2. The van der Waals surface area contributed by atoms with Crippen molar-refractivity contribution in [3.05, 3.63) is 60.2 Å². The summed E-state index contributed by atoms with van der Waals surface area (Å²) in [7, 11) is 1.32. The third-order valence-corrected chi connectivity index (χ3v) is 4.68. The summed E-state index contributed by atoms with van der Waals surface area (Å²) in [4.78, 5) is 31.8. The number of rotatable bonds is 7. The van der Waals surface area contributed by atoms with Crippen molar-refractivity contribution in [2.45, 2.75) is 17.6 Å². The third kappa shape index (κ3) is 4.64. The van der Waals surface area contributed by atoms with Gasteiger partial charge in [0, 0.05) is 6.42 Å². The number of esters is 1. The molecule has 1 atom stereocenters. The van der Waals surface area contributed by atoms with Crippen molar-refractivity contribution < 1.29 is 14.3 Å². The zero-order valence-corrected chi connectivity index (χ0v) is 15.1. The summed E-state index contributed by atoms with van der Waals surface area (Å²) in [6, 6.07) is 16.5. The fourth-order valence-corrected chi connectivity index (χ4v) is 3.25. The molecule has 0 unspecified atom stereocenters. The summed E-state index contributed by atoms with van der Waals surface area (Å²) in [5, 5.41) is 3.41. The quantitative estimate of drug-likeness (QED) is 0.494.